The van der Waals surface area contributed by atoms with Crippen molar-refractivity contribution in [1.29, 1.82) is 0 Å². The van der Waals surface area contributed by atoms with Crippen molar-refractivity contribution in [1.82, 2.24) is 5.32 Å². The van der Waals surface area contributed by atoms with Crippen LogP contribution in [0.2, 0.25) is 0 Å². The molecule has 0 radical (unpaired) electrons. The van der Waals surface area contributed by atoms with Crippen LogP contribution in [0.15, 0.2) is 64.6 Å². The lowest BCUT2D eigenvalue weighted by Crippen LogP contribution is -2.45. The number of nitrogens with one attached hydrogen (secondary N) is 2. The zero-order valence-corrected chi connectivity index (χ0v) is 15.0. The minimum atomic E-state index is -0.868. The van der Waals surface area contributed by atoms with E-state index in [2.05, 4.69) is 10.6 Å². The molecule has 1 atom stereocenters. The number of carbonyl (C=O) groups excluding carboxylic acids is 3. The predicted octanol–water partition coefficient (Wildman–Crippen LogP) is 2.42. The molecular formula is C19H17N3O4S. The molecule has 0 aliphatic heterocycles. The van der Waals surface area contributed by atoms with Gasteiger partial charge in [-0.3, -0.25) is 14.4 Å². The van der Waals surface area contributed by atoms with E-state index < -0.39 is 23.8 Å². The van der Waals surface area contributed by atoms with Gasteiger partial charge in [-0.25, -0.2) is 0 Å². The molecule has 0 aliphatic carbocycles. The second kappa shape index (κ2) is 8.33. The fourth-order valence-corrected chi connectivity index (χ4v) is 3.29. The molecular weight excluding hydrogens is 366 g/mol. The number of rotatable bonds is 7. The highest BCUT2D eigenvalue weighted by atomic mass is 32.1. The van der Waals surface area contributed by atoms with Crippen LogP contribution in [0.4, 0.5) is 5.00 Å². The average molecular weight is 383 g/mol. The van der Waals surface area contributed by atoms with Gasteiger partial charge in [-0.15, -0.1) is 11.3 Å². The maximum Gasteiger partial charge on any atom is 0.287 e. The van der Waals surface area contributed by atoms with Crippen molar-refractivity contribution in [2.75, 3.05) is 5.32 Å². The number of nitrogens with two attached hydrogens (primary N) is 1. The zero-order valence-electron chi connectivity index (χ0n) is 14.2. The van der Waals surface area contributed by atoms with E-state index in [1.54, 1.807) is 11.4 Å². The summed E-state index contributed by atoms with van der Waals surface area (Å²) in [7, 11) is 0. The summed E-state index contributed by atoms with van der Waals surface area (Å²) < 4.78 is 5.08. The van der Waals surface area contributed by atoms with Gasteiger partial charge in [0.15, 0.2) is 5.76 Å². The number of furan rings is 1. The van der Waals surface area contributed by atoms with Gasteiger partial charge < -0.3 is 20.8 Å². The van der Waals surface area contributed by atoms with Crippen LogP contribution in [0.3, 0.4) is 0 Å². The topological polar surface area (TPSA) is 114 Å². The minimum absolute atomic E-state index is 0.106. The molecule has 4 N–H and O–H groups in total. The van der Waals surface area contributed by atoms with E-state index in [0.29, 0.717) is 5.00 Å². The predicted molar refractivity (Wildman–Crippen MR) is 102 cm³/mol. The first-order chi connectivity index (χ1) is 13.0. The van der Waals surface area contributed by atoms with Gasteiger partial charge in [-0.1, -0.05) is 30.3 Å². The van der Waals surface area contributed by atoms with Crippen LogP contribution < -0.4 is 16.4 Å². The molecule has 0 unspecified atom stereocenters. The molecule has 0 bridgehead atoms. The average Bonchev–Trinajstić information content (AvgIpc) is 3.34. The first-order valence-electron chi connectivity index (χ1n) is 8.11. The molecule has 0 fully saturated rings. The molecule has 0 saturated carbocycles. The number of hydrogen-bond acceptors (Lipinski definition) is 5. The van der Waals surface area contributed by atoms with Crippen molar-refractivity contribution in [3.63, 3.8) is 0 Å². The van der Waals surface area contributed by atoms with Gasteiger partial charge in [0.1, 0.15) is 11.0 Å². The Balaban J connectivity index is 1.79. The summed E-state index contributed by atoms with van der Waals surface area (Å²) in [4.78, 5) is 36.6. The second-order valence-electron chi connectivity index (χ2n) is 5.71. The lowest BCUT2D eigenvalue weighted by atomic mass is 10.0. The number of amides is 3. The first-order valence-corrected chi connectivity index (χ1v) is 8.99. The number of thiophene rings is 1. The van der Waals surface area contributed by atoms with Crippen molar-refractivity contribution in [2.45, 2.75) is 12.5 Å². The van der Waals surface area contributed by atoms with Crippen LogP contribution in [0, 0.1) is 0 Å². The Bertz CT molecular complexity index is 935. The van der Waals surface area contributed by atoms with Gasteiger partial charge >= 0.3 is 0 Å². The van der Waals surface area contributed by atoms with Crippen LogP contribution in [-0.4, -0.2) is 23.8 Å². The molecule has 2 aromatic heterocycles. The molecule has 0 aliphatic rings. The van der Waals surface area contributed by atoms with Gasteiger partial charge in [-0.2, -0.15) is 0 Å². The Labute approximate surface area is 159 Å². The Morgan fingerprint density at radius 2 is 1.85 bits per heavy atom. The number of anilines is 1. The summed E-state index contributed by atoms with van der Waals surface area (Å²) in [5.41, 5.74) is 6.41. The van der Waals surface area contributed by atoms with Crippen LogP contribution >= 0.6 is 11.3 Å². The molecule has 0 spiro atoms. The summed E-state index contributed by atoms with van der Waals surface area (Å²) in [5, 5.41) is 7.35. The Hall–Kier alpha value is -3.39. The Kier molecular flexibility index (Phi) is 5.68. The quantitative estimate of drug-likeness (QED) is 0.581. The minimum Gasteiger partial charge on any atom is -0.459 e. The second-order valence-corrected chi connectivity index (χ2v) is 6.63. The summed E-state index contributed by atoms with van der Waals surface area (Å²) in [6, 6.07) is 13.1. The third-order valence-corrected chi connectivity index (χ3v) is 4.65. The summed E-state index contributed by atoms with van der Waals surface area (Å²) >= 11 is 1.18. The van der Waals surface area contributed by atoms with Crippen LogP contribution in [0.5, 0.6) is 0 Å². The largest absolute Gasteiger partial charge is 0.459 e. The smallest absolute Gasteiger partial charge is 0.287 e. The van der Waals surface area contributed by atoms with E-state index in [1.165, 1.54) is 29.7 Å². The molecule has 3 rings (SSSR count). The van der Waals surface area contributed by atoms with Crippen molar-refractivity contribution in [3.8, 4) is 0 Å². The maximum absolute atomic E-state index is 12.8. The number of benzene rings is 1. The van der Waals surface area contributed by atoms with Crippen molar-refractivity contribution < 1.29 is 18.8 Å². The van der Waals surface area contributed by atoms with E-state index in [1.807, 2.05) is 30.3 Å². The lowest BCUT2D eigenvalue weighted by Gasteiger charge is -2.18. The summed E-state index contributed by atoms with van der Waals surface area (Å²) in [6.45, 7) is 0. The zero-order chi connectivity index (χ0) is 19.2. The van der Waals surface area contributed by atoms with E-state index in [9.17, 15) is 14.4 Å². The van der Waals surface area contributed by atoms with Crippen LogP contribution in [0.1, 0.15) is 26.5 Å². The van der Waals surface area contributed by atoms with Gasteiger partial charge in [0.2, 0.25) is 5.91 Å². The van der Waals surface area contributed by atoms with Gasteiger partial charge in [0, 0.05) is 6.42 Å². The van der Waals surface area contributed by atoms with Crippen LogP contribution in [0.25, 0.3) is 0 Å². The molecule has 0 saturated heterocycles. The Morgan fingerprint density at radius 3 is 2.52 bits per heavy atom. The molecule has 2 heterocycles. The van der Waals surface area contributed by atoms with Gasteiger partial charge in [0.05, 0.1) is 11.8 Å². The highest BCUT2D eigenvalue weighted by Gasteiger charge is 2.24. The summed E-state index contributed by atoms with van der Waals surface area (Å²) in [5.74, 6) is -1.48. The highest BCUT2D eigenvalue weighted by Crippen LogP contribution is 2.23. The van der Waals surface area contributed by atoms with Crippen LogP contribution in [-0.2, 0) is 11.2 Å². The maximum atomic E-state index is 12.8. The molecule has 8 heteroatoms. The molecule has 138 valence electrons. The number of primary amides is 1. The van der Waals surface area contributed by atoms with E-state index in [0.717, 1.165) is 5.56 Å². The number of hydrogen-bond donors (Lipinski definition) is 3. The van der Waals surface area contributed by atoms with Gasteiger partial charge in [0.25, 0.3) is 11.8 Å². The van der Waals surface area contributed by atoms with E-state index in [-0.39, 0.29) is 17.7 Å². The van der Waals surface area contributed by atoms with Gasteiger partial charge in [-0.05, 0) is 29.1 Å². The number of carbonyl (C=O) groups is 3. The fourth-order valence-electron chi connectivity index (χ4n) is 2.50. The first kappa shape index (κ1) is 18.4. The lowest BCUT2D eigenvalue weighted by molar-refractivity contribution is -0.117. The summed E-state index contributed by atoms with van der Waals surface area (Å²) in [6.07, 6.45) is 1.66. The molecule has 1 aromatic carbocycles. The van der Waals surface area contributed by atoms with E-state index >= 15 is 0 Å². The van der Waals surface area contributed by atoms with Crippen molar-refractivity contribution in [3.05, 3.63) is 77.1 Å². The third kappa shape index (κ3) is 4.62. The van der Waals surface area contributed by atoms with Crippen molar-refractivity contribution >= 4 is 34.1 Å². The third-order valence-electron chi connectivity index (χ3n) is 3.82. The Morgan fingerprint density at radius 1 is 1.07 bits per heavy atom. The monoisotopic (exact) mass is 383 g/mol. The highest BCUT2D eigenvalue weighted by molar-refractivity contribution is 7.14. The molecule has 3 amide bonds. The van der Waals surface area contributed by atoms with Crippen molar-refractivity contribution in [2.24, 2.45) is 5.73 Å². The molecule has 27 heavy (non-hydrogen) atoms. The normalized spacial score (nSPS) is 11.6. The standard InChI is InChI=1S/C19H17N3O4S/c20-16(23)13-8-10-27-19(13)22-17(24)14(11-12-5-2-1-3-6-12)21-18(25)15-7-4-9-26-15/h1-10,14H,11H2,(H2,20,23)(H,21,25)(H,22,24)/t14-/m1/s1. The SMILES string of the molecule is NC(=O)c1ccsc1NC(=O)[C@@H](Cc1ccccc1)NC(=O)c1ccco1. The fraction of sp³-hybridized carbons (Fsp3) is 0.105. The molecule has 3 aromatic rings. The molecule has 7 nitrogen and oxygen atoms in total. The van der Waals surface area contributed by atoms with E-state index in [4.69, 9.17) is 10.2 Å².